The summed E-state index contributed by atoms with van der Waals surface area (Å²) in [5, 5.41) is 8.65. The highest BCUT2D eigenvalue weighted by Gasteiger charge is 2.13. The lowest BCUT2D eigenvalue weighted by molar-refractivity contribution is -0.131. The second-order valence-electron chi connectivity index (χ2n) is 4.42. The number of nitrogens with zero attached hydrogens (tertiary/aromatic N) is 1. The molecular weight excluding hydrogens is 266 g/mol. The lowest BCUT2D eigenvalue weighted by Crippen LogP contribution is -2.28. The van der Waals surface area contributed by atoms with Crippen molar-refractivity contribution >= 4 is 17.6 Å². The summed E-state index contributed by atoms with van der Waals surface area (Å²) in [6.07, 6.45) is 1.92. The van der Waals surface area contributed by atoms with Crippen molar-refractivity contribution in [2.75, 3.05) is 4.90 Å². The van der Waals surface area contributed by atoms with E-state index in [1.54, 1.807) is 0 Å². The summed E-state index contributed by atoms with van der Waals surface area (Å²) >= 11 is 0. The molecule has 0 aromatic heterocycles. The number of hydrogen-bond donors (Lipinski definition) is 1. The normalized spacial score (nSPS) is 10.5. The number of carboxylic acid groups (broad SMARTS) is 1. The summed E-state index contributed by atoms with van der Waals surface area (Å²) in [7, 11) is 0. The van der Waals surface area contributed by atoms with Crippen LogP contribution in [0.5, 0.6) is 0 Å². The molecule has 0 aliphatic rings. The van der Waals surface area contributed by atoms with Crippen molar-refractivity contribution in [1.29, 1.82) is 0 Å². The van der Waals surface area contributed by atoms with Gasteiger partial charge < -0.3 is 10.0 Å². The van der Waals surface area contributed by atoms with E-state index in [-0.39, 0.29) is 5.91 Å². The van der Waals surface area contributed by atoms with Crippen LogP contribution in [0.15, 0.2) is 72.8 Å². The Labute approximate surface area is 123 Å². The summed E-state index contributed by atoms with van der Waals surface area (Å²) in [5.74, 6) is -1.51. The maximum absolute atomic E-state index is 12.2. The van der Waals surface area contributed by atoms with Crippen LogP contribution in [0.4, 0.5) is 5.69 Å². The first-order chi connectivity index (χ1) is 10.2. The highest BCUT2D eigenvalue weighted by atomic mass is 16.4. The second kappa shape index (κ2) is 7.05. The molecule has 4 heteroatoms. The Morgan fingerprint density at radius 3 is 2.05 bits per heavy atom. The summed E-state index contributed by atoms with van der Waals surface area (Å²) < 4.78 is 0. The summed E-state index contributed by atoms with van der Waals surface area (Å²) in [4.78, 5) is 24.3. The average molecular weight is 281 g/mol. The molecule has 21 heavy (non-hydrogen) atoms. The summed E-state index contributed by atoms with van der Waals surface area (Å²) in [5.41, 5.74) is 1.69. The molecule has 2 aromatic carbocycles. The van der Waals surface area contributed by atoms with Gasteiger partial charge in [-0.05, 0) is 17.7 Å². The number of anilines is 1. The zero-order valence-corrected chi connectivity index (χ0v) is 11.3. The number of carbonyl (C=O) groups excluding carboxylic acids is 1. The zero-order chi connectivity index (χ0) is 15.1. The fourth-order valence-corrected chi connectivity index (χ4v) is 1.90. The van der Waals surface area contributed by atoms with E-state index in [0.717, 1.165) is 23.4 Å². The summed E-state index contributed by atoms with van der Waals surface area (Å²) in [6, 6.07) is 18.7. The van der Waals surface area contributed by atoms with Gasteiger partial charge in [-0.25, -0.2) is 4.79 Å². The van der Waals surface area contributed by atoms with Crippen molar-refractivity contribution in [2.45, 2.75) is 6.54 Å². The molecule has 0 heterocycles. The number of hydrogen-bond acceptors (Lipinski definition) is 2. The lowest BCUT2D eigenvalue weighted by Gasteiger charge is -2.21. The molecule has 0 saturated heterocycles. The minimum Gasteiger partial charge on any atom is -0.478 e. The SMILES string of the molecule is O=C(O)/C=C\C(=O)N(Cc1ccccc1)c1ccccc1. The number of rotatable bonds is 5. The van der Waals surface area contributed by atoms with Gasteiger partial charge in [0.1, 0.15) is 0 Å². The molecule has 2 rings (SSSR count). The topological polar surface area (TPSA) is 57.6 Å². The molecule has 1 amide bonds. The first-order valence-corrected chi connectivity index (χ1v) is 6.48. The van der Waals surface area contributed by atoms with E-state index in [9.17, 15) is 9.59 Å². The van der Waals surface area contributed by atoms with Crippen molar-refractivity contribution < 1.29 is 14.7 Å². The van der Waals surface area contributed by atoms with Crippen LogP contribution in [0.2, 0.25) is 0 Å². The molecule has 2 aromatic rings. The third kappa shape index (κ3) is 4.31. The molecule has 4 nitrogen and oxygen atoms in total. The predicted octanol–water partition coefficient (Wildman–Crippen LogP) is 2.86. The first kappa shape index (κ1) is 14.5. The highest BCUT2D eigenvalue weighted by molar-refractivity contribution is 6.03. The van der Waals surface area contributed by atoms with E-state index in [1.807, 2.05) is 60.7 Å². The lowest BCUT2D eigenvalue weighted by atomic mass is 10.2. The number of aliphatic carboxylic acids is 1. The van der Waals surface area contributed by atoms with Gasteiger partial charge >= 0.3 is 5.97 Å². The van der Waals surface area contributed by atoms with Crippen molar-refractivity contribution in [3.8, 4) is 0 Å². The molecule has 106 valence electrons. The van der Waals surface area contributed by atoms with Gasteiger partial charge in [0.25, 0.3) is 5.91 Å². The number of carbonyl (C=O) groups is 2. The number of amides is 1. The van der Waals surface area contributed by atoms with Crippen LogP contribution in [0.1, 0.15) is 5.56 Å². The van der Waals surface area contributed by atoms with Crippen LogP contribution in [-0.4, -0.2) is 17.0 Å². The van der Waals surface area contributed by atoms with Crippen LogP contribution < -0.4 is 4.90 Å². The van der Waals surface area contributed by atoms with Gasteiger partial charge in [0.15, 0.2) is 0 Å². The number of benzene rings is 2. The molecule has 0 unspecified atom stereocenters. The van der Waals surface area contributed by atoms with Crippen LogP contribution in [-0.2, 0) is 16.1 Å². The van der Waals surface area contributed by atoms with E-state index in [0.29, 0.717) is 6.54 Å². The molecule has 0 aliphatic heterocycles. The third-order valence-electron chi connectivity index (χ3n) is 2.89. The maximum atomic E-state index is 12.2. The van der Waals surface area contributed by atoms with E-state index >= 15 is 0 Å². The second-order valence-corrected chi connectivity index (χ2v) is 4.42. The summed E-state index contributed by atoms with van der Waals surface area (Å²) in [6.45, 7) is 0.383. The molecular formula is C17H15NO3. The molecule has 0 bridgehead atoms. The van der Waals surface area contributed by atoms with Gasteiger partial charge in [-0.1, -0.05) is 48.5 Å². The largest absolute Gasteiger partial charge is 0.478 e. The quantitative estimate of drug-likeness (QED) is 0.857. The Hall–Kier alpha value is -2.88. The molecule has 0 aliphatic carbocycles. The smallest absolute Gasteiger partial charge is 0.328 e. The molecule has 0 atom stereocenters. The van der Waals surface area contributed by atoms with Crippen molar-refractivity contribution in [3.05, 3.63) is 78.4 Å². The molecule has 0 spiro atoms. The number of para-hydroxylation sites is 1. The third-order valence-corrected chi connectivity index (χ3v) is 2.89. The predicted molar refractivity (Wildman–Crippen MR) is 80.8 cm³/mol. The average Bonchev–Trinajstić information content (AvgIpc) is 2.52. The van der Waals surface area contributed by atoms with Crippen LogP contribution in [0.25, 0.3) is 0 Å². The molecule has 0 radical (unpaired) electrons. The molecule has 0 saturated carbocycles. The highest BCUT2D eigenvalue weighted by Crippen LogP contribution is 2.17. The molecule has 1 N–H and O–H groups in total. The Morgan fingerprint density at radius 1 is 0.905 bits per heavy atom. The van der Waals surface area contributed by atoms with Gasteiger partial charge in [-0.3, -0.25) is 4.79 Å². The minimum atomic E-state index is -1.14. The van der Waals surface area contributed by atoms with E-state index in [4.69, 9.17) is 5.11 Å². The maximum Gasteiger partial charge on any atom is 0.328 e. The minimum absolute atomic E-state index is 0.368. The fourth-order valence-electron chi connectivity index (χ4n) is 1.90. The Kier molecular flexibility index (Phi) is 4.88. The molecule has 0 fully saturated rings. The Balaban J connectivity index is 2.26. The van der Waals surface area contributed by atoms with E-state index < -0.39 is 5.97 Å². The first-order valence-electron chi connectivity index (χ1n) is 6.48. The van der Waals surface area contributed by atoms with E-state index in [1.165, 1.54) is 4.90 Å². The van der Waals surface area contributed by atoms with Crippen molar-refractivity contribution in [1.82, 2.24) is 0 Å². The Bertz CT molecular complexity index is 636. The Morgan fingerprint density at radius 2 is 1.48 bits per heavy atom. The van der Waals surface area contributed by atoms with Crippen LogP contribution >= 0.6 is 0 Å². The van der Waals surface area contributed by atoms with Gasteiger partial charge in [0.2, 0.25) is 0 Å². The zero-order valence-electron chi connectivity index (χ0n) is 11.3. The van der Waals surface area contributed by atoms with Gasteiger partial charge in [-0.15, -0.1) is 0 Å². The van der Waals surface area contributed by atoms with Crippen LogP contribution in [0.3, 0.4) is 0 Å². The van der Waals surface area contributed by atoms with Gasteiger partial charge in [-0.2, -0.15) is 0 Å². The van der Waals surface area contributed by atoms with E-state index in [2.05, 4.69) is 0 Å². The monoisotopic (exact) mass is 281 g/mol. The van der Waals surface area contributed by atoms with Gasteiger partial charge in [0, 0.05) is 17.8 Å². The standard InChI is InChI=1S/C17H15NO3/c19-16(11-12-17(20)21)18(15-9-5-2-6-10-15)13-14-7-3-1-4-8-14/h1-12H,13H2,(H,20,21)/b12-11-. The fraction of sp³-hybridized carbons (Fsp3) is 0.0588. The van der Waals surface area contributed by atoms with Crippen molar-refractivity contribution in [3.63, 3.8) is 0 Å². The van der Waals surface area contributed by atoms with Gasteiger partial charge in [0.05, 0.1) is 6.54 Å². The van der Waals surface area contributed by atoms with Crippen LogP contribution in [0, 0.1) is 0 Å². The number of carboxylic acids is 1. The van der Waals surface area contributed by atoms with Crippen molar-refractivity contribution in [2.24, 2.45) is 0 Å².